The highest BCUT2D eigenvalue weighted by Gasteiger charge is 2.41. The molecule has 0 aliphatic carbocycles. The standard InChI is InChI=1S/C56H40N2O2/c1-55(2)43-31-51-39(27-47(43)57(35-17-7-5-8-18-35)45-25-23-33-15-11-13-21-37(33)53(45)55)41-29-50-42(30-49(41)59-51)40-28-48-44(32-52(40)60-50)56(3,4)54-38-22-14-12-16-34(38)24-26-46(54)58(48)36-19-9-6-10-20-36/h5-32H,1-4H3. The van der Waals surface area contributed by atoms with Gasteiger partial charge in [-0.2, -0.15) is 0 Å². The Kier molecular flexibility index (Phi) is 6.55. The van der Waals surface area contributed by atoms with Crippen LogP contribution in [0.5, 0.6) is 0 Å². The summed E-state index contributed by atoms with van der Waals surface area (Å²) >= 11 is 0. The van der Waals surface area contributed by atoms with E-state index in [9.17, 15) is 0 Å². The lowest BCUT2D eigenvalue weighted by Crippen LogP contribution is -2.31. The van der Waals surface area contributed by atoms with E-state index >= 15 is 0 Å². The number of fused-ring (bicyclic) bond motifs is 14. The van der Waals surface area contributed by atoms with Crippen LogP contribution in [0.3, 0.4) is 0 Å². The van der Waals surface area contributed by atoms with E-state index in [2.05, 4.69) is 207 Å². The van der Waals surface area contributed by atoms with E-state index in [0.717, 1.165) is 66.6 Å². The minimum Gasteiger partial charge on any atom is -0.456 e. The highest BCUT2D eigenvalue weighted by atomic mass is 16.3. The molecule has 4 nitrogen and oxygen atoms in total. The average Bonchev–Trinajstić information content (AvgIpc) is 3.81. The predicted molar refractivity (Wildman–Crippen MR) is 250 cm³/mol. The summed E-state index contributed by atoms with van der Waals surface area (Å²) in [4.78, 5) is 4.87. The van der Waals surface area contributed by atoms with E-state index in [1.807, 2.05) is 0 Å². The number of rotatable bonds is 2. The summed E-state index contributed by atoms with van der Waals surface area (Å²) in [5, 5.41) is 9.28. The Labute approximate surface area is 347 Å². The smallest absolute Gasteiger partial charge is 0.136 e. The quantitative estimate of drug-likeness (QED) is 0.175. The van der Waals surface area contributed by atoms with Gasteiger partial charge in [0.15, 0.2) is 0 Å². The van der Waals surface area contributed by atoms with E-state index in [1.165, 1.54) is 55.2 Å². The van der Waals surface area contributed by atoms with Crippen molar-refractivity contribution < 1.29 is 8.83 Å². The molecule has 60 heavy (non-hydrogen) atoms. The molecule has 11 aromatic rings. The number of hydrogen-bond acceptors (Lipinski definition) is 4. The van der Waals surface area contributed by atoms with E-state index in [1.54, 1.807) is 0 Å². The fourth-order valence-corrected chi connectivity index (χ4v) is 10.9. The summed E-state index contributed by atoms with van der Waals surface area (Å²) in [6.45, 7) is 9.42. The minimum atomic E-state index is -0.295. The Hall–Kier alpha value is -7.30. The molecule has 4 heteroatoms. The number of anilines is 6. The van der Waals surface area contributed by atoms with Gasteiger partial charge in [-0.05, 0) is 117 Å². The van der Waals surface area contributed by atoms with Crippen molar-refractivity contribution >= 4 is 99.5 Å². The molecule has 286 valence electrons. The number of benzene rings is 9. The van der Waals surface area contributed by atoms with Crippen LogP contribution in [-0.4, -0.2) is 0 Å². The van der Waals surface area contributed by atoms with Gasteiger partial charge in [0, 0.05) is 43.7 Å². The predicted octanol–water partition coefficient (Wildman–Crippen LogP) is 16.0. The third-order valence-electron chi connectivity index (χ3n) is 13.7. The van der Waals surface area contributed by atoms with Crippen molar-refractivity contribution in [3.63, 3.8) is 0 Å². The van der Waals surface area contributed by atoms with Crippen molar-refractivity contribution in [3.05, 3.63) is 192 Å². The average molecular weight is 773 g/mol. The molecule has 4 heterocycles. The van der Waals surface area contributed by atoms with Crippen molar-refractivity contribution in [1.29, 1.82) is 0 Å². The van der Waals surface area contributed by atoms with Gasteiger partial charge in [-0.1, -0.05) is 125 Å². The molecule has 0 saturated heterocycles. The van der Waals surface area contributed by atoms with Crippen molar-refractivity contribution in [1.82, 2.24) is 0 Å². The molecule has 0 spiro atoms. The fraction of sp³-hybridized carbons (Fsp3) is 0.107. The number of hydrogen-bond donors (Lipinski definition) is 0. The number of nitrogens with zero attached hydrogens (tertiary/aromatic N) is 2. The highest BCUT2D eigenvalue weighted by Crippen LogP contribution is 2.57. The fourth-order valence-electron chi connectivity index (χ4n) is 10.9. The van der Waals surface area contributed by atoms with Gasteiger partial charge in [-0.25, -0.2) is 0 Å². The molecule has 2 aliphatic heterocycles. The summed E-state index contributed by atoms with van der Waals surface area (Å²) in [7, 11) is 0. The second-order valence-electron chi connectivity index (χ2n) is 17.7. The first-order valence-electron chi connectivity index (χ1n) is 20.9. The lowest BCUT2D eigenvalue weighted by Gasteiger charge is -2.42. The normalized spacial score (nSPS) is 15.2. The van der Waals surface area contributed by atoms with Gasteiger partial charge >= 0.3 is 0 Å². The first kappa shape index (κ1) is 33.6. The van der Waals surface area contributed by atoms with Crippen molar-refractivity contribution in [3.8, 4) is 0 Å². The van der Waals surface area contributed by atoms with E-state index in [4.69, 9.17) is 8.83 Å². The van der Waals surface area contributed by atoms with Crippen LogP contribution < -0.4 is 9.80 Å². The zero-order valence-corrected chi connectivity index (χ0v) is 33.9. The second kappa shape index (κ2) is 11.7. The Balaban J connectivity index is 1.05. The van der Waals surface area contributed by atoms with Crippen molar-refractivity contribution in [2.75, 3.05) is 9.80 Å². The molecule has 0 atom stereocenters. The lowest BCUT2D eigenvalue weighted by molar-refractivity contribution is 0.630. The maximum Gasteiger partial charge on any atom is 0.136 e. The van der Waals surface area contributed by atoms with Crippen molar-refractivity contribution in [2.45, 2.75) is 38.5 Å². The monoisotopic (exact) mass is 772 g/mol. The minimum absolute atomic E-state index is 0.295. The van der Waals surface area contributed by atoms with Gasteiger partial charge in [0.05, 0.1) is 22.7 Å². The Bertz CT molecular complexity index is 3370. The Morgan fingerprint density at radius 2 is 0.700 bits per heavy atom. The lowest BCUT2D eigenvalue weighted by atomic mass is 9.71. The van der Waals surface area contributed by atoms with Gasteiger partial charge in [0.1, 0.15) is 22.3 Å². The summed E-state index contributed by atoms with van der Waals surface area (Å²) < 4.78 is 13.8. The Morgan fingerprint density at radius 1 is 0.333 bits per heavy atom. The van der Waals surface area contributed by atoms with E-state index < -0.39 is 0 Å². The van der Waals surface area contributed by atoms with Crippen LogP contribution in [0.25, 0.3) is 65.4 Å². The SMILES string of the molecule is CC1(C)c2cc3oc4cc5c(cc4c3cc2N(c2ccccc2)c2ccc3ccccc3c21)oc1cc2c(cc15)N(c1ccccc1)c1ccc3ccccc3c1C2(C)C. The van der Waals surface area contributed by atoms with Crippen LogP contribution in [0.15, 0.2) is 179 Å². The summed E-state index contributed by atoms with van der Waals surface area (Å²) in [6.07, 6.45) is 0. The molecule has 0 bridgehead atoms. The highest BCUT2D eigenvalue weighted by molar-refractivity contribution is 6.17. The first-order chi connectivity index (χ1) is 29.3. The molecule has 0 fully saturated rings. The van der Waals surface area contributed by atoms with Gasteiger partial charge in [-0.3, -0.25) is 0 Å². The largest absolute Gasteiger partial charge is 0.456 e. The molecule has 0 amide bonds. The molecular formula is C56H40N2O2. The van der Waals surface area contributed by atoms with Gasteiger partial charge in [0.2, 0.25) is 0 Å². The van der Waals surface area contributed by atoms with Crippen LogP contribution in [0, 0.1) is 0 Å². The zero-order valence-electron chi connectivity index (χ0n) is 33.9. The van der Waals surface area contributed by atoms with Crippen LogP contribution >= 0.6 is 0 Å². The first-order valence-corrected chi connectivity index (χ1v) is 20.9. The van der Waals surface area contributed by atoms with Gasteiger partial charge in [-0.15, -0.1) is 0 Å². The number of para-hydroxylation sites is 2. The van der Waals surface area contributed by atoms with Crippen LogP contribution in [0.2, 0.25) is 0 Å². The molecule has 13 rings (SSSR count). The molecule has 0 saturated carbocycles. The molecule has 9 aromatic carbocycles. The Morgan fingerprint density at radius 3 is 1.13 bits per heavy atom. The van der Waals surface area contributed by atoms with Crippen molar-refractivity contribution in [2.24, 2.45) is 0 Å². The third kappa shape index (κ3) is 4.40. The van der Waals surface area contributed by atoms with Gasteiger partial charge < -0.3 is 18.6 Å². The van der Waals surface area contributed by atoms with Gasteiger partial charge in [0.25, 0.3) is 0 Å². The van der Waals surface area contributed by atoms with Crippen LogP contribution in [0.1, 0.15) is 49.9 Å². The third-order valence-corrected chi connectivity index (χ3v) is 13.7. The van der Waals surface area contributed by atoms with E-state index in [-0.39, 0.29) is 10.8 Å². The topological polar surface area (TPSA) is 32.8 Å². The molecule has 2 aromatic heterocycles. The number of furan rings is 2. The van der Waals surface area contributed by atoms with Crippen LogP contribution in [-0.2, 0) is 10.8 Å². The molecule has 2 aliphatic rings. The summed E-state index contributed by atoms with van der Waals surface area (Å²) in [5.74, 6) is 0. The van der Waals surface area contributed by atoms with E-state index in [0.29, 0.717) is 0 Å². The van der Waals surface area contributed by atoms with Crippen LogP contribution in [0.4, 0.5) is 34.1 Å². The summed E-state index contributed by atoms with van der Waals surface area (Å²) in [5.41, 5.74) is 15.0. The second-order valence-corrected chi connectivity index (χ2v) is 17.7. The molecule has 0 N–H and O–H groups in total. The molecule has 0 unspecified atom stereocenters. The molecular weight excluding hydrogens is 733 g/mol. The maximum absolute atomic E-state index is 6.91. The zero-order chi connectivity index (χ0) is 40.1. The molecule has 0 radical (unpaired) electrons. The summed E-state index contributed by atoms with van der Waals surface area (Å²) in [6, 6.07) is 61.8. The maximum atomic E-state index is 6.91.